The van der Waals surface area contributed by atoms with Crippen molar-refractivity contribution in [3.8, 4) is 5.75 Å². The molecule has 116 valence electrons. The minimum Gasteiger partial charge on any atom is -0.490 e. The van der Waals surface area contributed by atoms with Gasteiger partial charge in [0.15, 0.2) is 0 Å². The molecule has 5 heteroatoms. The molecule has 0 radical (unpaired) electrons. The van der Waals surface area contributed by atoms with Crippen LogP contribution in [0.25, 0.3) is 6.08 Å². The number of para-hydroxylation sites is 1. The third-order valence-electron chi connectivity index (χ3n) is 2.76. The van der Waals surface area contributed by atoms with Crippen molar-refractivity contribution in [1.82, 2.24) is 0 Å². The molecule has 1 N–H and O–H groups in total. The zero-order valence-electron chi connectivity index (χ0n) is 12.5. The van der Waals surface area contributed by atoms with E-state index in [-0.39, 0.29) is 0 Å². The number of methoxy groups -OCH3 is 1. The van der Waals surface area contributed by atoms with Crippen LogP contribution in [0.2, 0.25) is 0 Å². The van der Waals surface area contributed by atoms with Crippen LogP contribution < -0.4 is 4.74 Å². The number of benzene rings is 1. The summed E-state index contributed by atoms with van der Waals surface area (Å²) in [5.41, 5.74) is 1.71. The molecule has 0 unspecified atom stereocenters. The van der Waals surface area contributed by atoms with E-state index in [0.29, 0.717) is 32.2 Å². The second-order valence-electron chi connectivity index (χ2n) is 4.47. The van der Waals surface area contributed by atoms with Crippen LogP contribution in [0.5, 0.6) is 5.75 Å². The molecule has 0 fully saturated rings. The molecule has 0 aliphatic carbocycles. The number of hydrogen-bond acceptors (Lipinski definition) is 4. The Balaban J connectivity index is 2.48. The van der Waals surface area contributed by atoms with Gasteiger partial charge >= 0.3 is 5.97 Å². The Morgan fingerprint density at radius 1 is 1.24 bits per heavy atom. The van der Waals surface area contributed by atoms with E-state index in [1.165, 1.54) is 6.08 Å². The molecule has 0 aliphatic rings. The third kappa shape index (κ3) is 6.92. The van der Waals surface area contributed by atoms with Crippen LogP contribution in [-0.4, -0.2) is 44.6 Å². The smallest absolute Gasteiger partial charge is 0.328 e. The largest absolute Gasteiger partial charge is 0.490 e. The van der Waals surface area contributed by atoms with E-state index in [1.54, 1.807) is 7.11 Å². The fourth-order valence-electron chi connectivity index (χ4n) is 1.77. The molecular weight excluding hydrogens is 272 g/mol. The zero-order valence-corrected chi connectivity index (χ0v) is 12.5. The number of hydrogen-bond donors (Lipinski definition) is 1. The molecule has 0 spiro atoms. The molecule has 0 aliphatic heterocycles. The van der Waals surface area contributed by atoms with E-state index in [0.717, 1.165) is 23.6 Å². The molecule has 0 heterocycles. The van der Waals surface area contributed by atoms with Gasteiger partial charge < -0.3 is 19.3 Å². The maximum Gasteiger partial charge on any atom is 0.328 e. The second-order valence-corrected chi connectivity index (χ2v) is 4.47. The van der Waals surface area contributed by atoms with Gasteiger partial charge in [-0.15, -0.1) is 0 Å². The fourth-order valence-corrected chi connectivity index (χ4v) is 1.77. The highest BCUT2D eigenvalue weighted by molar-refractivity contribution is 5.86. The van der Waals surface area contributed by atoms with Crippen molar-refractivity contribution in [1.29, 1.82) is 0 Å². The van der Waals surface area contributed by atoms with Gasteiger partial charge in [0.2, 0.25) is 0 Å². The molecule has 1 aromatic carbocycles. The monoisotopic (exact) mass is 294 g/mol. The molecule has 0 bridgehead atoms. The maximum absolute atomic E-state index is 10.6. The van der Waals surface area contributed by atoms with Gasteiger partial charge in [-0.1, -0.05) is 18.2 Å². The highest BCUT2D eigenvalue weighted by Crippen LogP contribution is 2.24. The van der Waals surface area contributed by atoms with Gasteiger partial charge in [-0.25, -0.2) is 4.79 Å². The Morgan fingerprint density at radius 2 is 2.05 bits per heavy atom. The average Bonchev–Trinajstić information content (AvgIpc) is 2.46. The van der Waals surface area contributed by atoms with Crippen molar-refractivity contribution in [2.24, 2.45) is 0 Å². The zero-order chi connectivity index (χ0) is 15.5. The maximum atomic E-state index is 10.6. The lowest BCUT2D eigenvalue weighted by atomic mass is 10.1. The van der Waals surface area contributed by atoms with Crippen LogP contribution in [0.15, 0.2) is 24.3 Å². The lowest BCUT2D eigenvalue weighted by molar-refractivity contribution is -0.131. The summed E-state index contributed by atoms with van der Waals surface area (Å²) in [5, 5.41) is 8.69. The van der Waals surface area contributed by atoms with Gasteiger partial charge in [-0.3, -0.25) is 0 Å². The molecule has 0 amide bonds. The van der Waals surface area contributed by atoms with Gasteiger partial charge in [-0.05, 0) is 25.0 Å². The van der Waals surface area contributed by atoms with Crippen molar-refractivity contribution in [3.05, 3.63) is 35.4 Å². The third-order valence-corrected chi connectivity index (χ3v) is 2.76. The quantitative estimate of drug-likeness (QED) is 0.530. The van der Waals surface area contributed by atoms with Crippen LogP contribution in [0.4, 0.5) is 0 Å². The highest BCUT2D eigenvalue weighted by atomic mass is 16.5. The van der Waals surface area contributed by atoms with E-state index in [4.69, 9.17) is 19.3 Å². The van der Waals surface area contributed by atoms with Crippen molar-refractivity contribution in [2.45, 2.75) is 13.3 Å². The molecule has 0 atom stereocenters. The van der Waals surface area contributed by atoms with Crippen molar-refractivity contribution >= 4 is 12.0 Å². The Hall–Kier alpha value is -1.85. The number of rotatable bonds is 10. The van der Waals surface area contributed by atoms with Crippen molar-refractivity contribution < 1.29 is 24.1 Å². The number of carboxylic acids is 1. The molecule has 1 rings (SSSR count). The van der Waals surface area contributed by atoms with Gasteiger partial charge in [0.25, 0.3) is 0 Å². The number of carbonyl (C=O) groups is 1. The minimum absolute atomic E-state index is 0.422. The molecule has 1 aromatic rings. The number of aryl methyl sites for hydroxylation is 1. The predicted molar refractivity (Wildman–Crippen MR) is 80.7 cm³/mol. The van der Waals surface area contributed by atoms with E-state index >= 15 is 0 Å². The van der Waals surface area contributed by atoms with E-state index in [9.17, 15) is 4.79 Å². The Morgan fingerprint density at radius 3 is 2.76 bits per heavy atom. The summed E-state index contributed by atoms with van der Waals surface area (Å²) in [6.07, 6.45) is 3.49. The predicted octanol–water partition coefficient (Wildman–Crippen LogP) is 2.52. The summed E-state index contributed by atoms with van der Waals surface area (Å²) in [6, 6.07) is 5.61. The molecule has 5 nitrogen and oxygen atoms in total. The Labute approximate surface area is 125 Å². The molecule has 0 saturated heterocycles. The van der Waals surface area contributed by atoms with Crippen molar-refractivity contribution in [2.75, 3.05) is 33.5 Å². The first-order chi connectivity index (χ1) is 10.1. The summed E-state index contributed by atoms with van der Waals surface area (Å²) in [7, 11) is 1.66. The number of carboxylic acid groups (broad SMARTS) is 1. The van der Waals surface area contributed by atoms with E-state index in [1.807, 2.05) is 25.1 Å². The SMILES string of the molecule is COCCCOCCOc1c(C)cccc1/C=C/C(=O)O. The summed E-state index contributed by atoms with van der Waals surface area (Å²) in [5.74, 6) is -0.292. The van der Waals surface area contributed by atoms with Gasteiger partial charge in [0.1, 0.15) is 12.4 Å². The lowest BCUT2D eigenvalue weighted by Gasteiger charge is -2.12. The average molecular weight is 294 g/mol. The summed E-state index contributed by atoms with van der Waals surface area (Å²) in [6.45, 7) is 4.15. The minimum atomic E-state index is -0.982. The standard InChI is InChI=1S/C16H22O5/c1-13-5-3-6-14(7-8-15(17)18)16(13)21-12-11-20-10-4-9-19-2/h3,5-8H,4,9-12H2,1-2H3,(H,17,18)/b8-7+. The van der Waals surface area contributed by atoms with Crippen LogP contribution in [-0.2, 0) is 14.3 Å². The summed E-state index contributed by atoms with van der Waals surface area (Å²) < 4.78 is 16.1. The molecule has 0 saturated carbocycles. The fraction of sp³-hybridized carbons (Fsp3) is 0.438. The van der Waals surface area contributed by atoms with Crippen LogP contribution in [0.3, 0.4) is 0 Å². The van der Waals surface area contributed by atoms with Crippen molar-refractivity contribution in [3.63, 3.8) is 0 Å². The molecule has 0 aromatic heterocycles. The van der Waals surface area contributed by atoms with Gasteiger partial charge in [-0.2, -0.15) is 0 Å². The highest BCUT2D eigenvalue weighted by Gasteiger charge is 2.05. The topological polar surface area (TPSA) is 65.0 Å². The Kier molecular flexibility index (Phi) is 8.16. The van der Waals surface area contributed by atoms with Crippen LogP contribution in [0.1, 0.15) is 17.5 Å². The first kappa shape index (κ1) is 17.2. The van der Waals surface area contributed by atoms with E-state index < -0.39 is 5.97 Å². The van der Waals surface area contributed by atoms with Gasteiger partial charge in [0, 0.05) is 32.0 Å². The summed E-state index contributed by atoms with van der Waals surface area (Å²) >= 11 is 0. The first-order valence-electron chi connectivity index (χ1n) is 6.85. The number of ether oxygens (including phenoxy) is 3. The van der Waals surface area contributed by atoms with E-state index in [2.05, 4.69) is 0 Å². The lowest BCUT2D eigenvalue weighted by Crippen LogP contribution is -2.09. The van der Waals surface area contributed by atoms with Crippen LogP contribution in [0, 0.1) is 6.92 Å². The van der Waals surface area contributed by atoms with Crippen LogP contribution >= 0.6 is 0 Å². The first-order valence-corrected chi connectivity index (χ1v) is 6.85. The summed E-state index contributed by atoms with van der Waals surface area (Å²) in [4.78, 5) is 10.6. The Bertz CT molecular complexity index is 468. The second kappa shape index (κ2) is 9.96. The van der Waals surface area contributed by atoms with Gasteiger partial charge in [0.05, 0.1) is 6.61 Å². The molecular formula is C16H22O5. The normalized spacial score (nSPS) is 11.0. The molecule has 21 heavy (non-hydrogen) atoms. The number of aliphatic carboxylic acids is 1.